The Bertz CT molecular complexity index is 347. The van der Waals surface area contributed by atoms with Gasteiger partial charge in [0.1, 0.15) is 6.04 Å². The van der Waals surface area contributed by atoms with Gasteiger partial charge in [0.2, 0.25) is 0 Å². The number of methoxy groups -OCH3 is 1. The molecule has 2 aliphatic rings. The van der Waals surface area contributed by atoms with E-state index in [0.717, 1.165) is 6.42 Å². The smallest absolute Gasteiger partial charge is 0.326 e. The second-order valence-electron chi connectivity index (χ2n) is 5.26. The lowest BCUT2D eigenvalue weighted by atomic mass is 10.2. The first-order valence-corrected chi connectivity index (χ1v) is 6.33. The SMILES string of the molecule is COC1CC(C(=O)O)N(C(=O)NCC2CC2C)C1. The molecule has 2 fully saturated rings. The second-order valence-corrected chi connectivity index (χ2v) is 5.26. The average Bonchev–Trinajstić information content (AvgIpc) is 2.88. The summed E-state index contributed by atoms with van der Waals surface area (Å²) >= 11 is 0. The highest BCUT2D eigenvalue weighted by atomic mass is 16.5. The Kier molecular flexibility index (Phi) is 3.75. The Labute approximate surface area is 106 Å². The number of nitrogens with zero attached hydrogens (tertiary/aromatic N) is 1. The number of carboxylic acids is 1. The van der Waals surface area contributed by atoms with Crippen LogP contribution in [0.3, 0.4) is 0 Å². The van der Waals surface area contributed by atoms with Crippen molar-refractivity contribution in [3.05, 3.63) is 0 Å². The number of carbonyl (C=O) groups is 2. The lowest BCUT2D eigenvalue weighted by Crippen LogP contribution is -2.46. The zero-order chi connectivity index (χ0) is 13.3. The molecular formula is C12H20N2O4. The lowest BCUT2D eigenvalue weighted by Gasteiger charge is -2.21. The lowest BCUT2D eigenvalue weighted by molar-refractivity contribution is -0.141. The van der Waals surface area contributed by atoms with Crippen molar-refractivity contribution in [3.8, 4) is 0 Å². The fourth-order valence-corrected chi connectivity index (χ4v) is 2.43. The first-order valence-electron chi connectivity index (χ1n) is 6.33. The van der Waals surface area contributed by atoms with Crippen molar-refractivity contribution in [2.24, 2.45) is 11.8 Å². The van der Waals surface area contributed by atoms with Gasteiger partial charge in [0.15, 0.2) is 0 Å². The molecule has 0 bridgehead atoms. The van der Waals surface area contributed by atoms with E-state index in [-0.39, 0.29) is 12.1 Å². The number of carboxylic acid groups (broad SMARTS) is 1. The minimum atomic E-state index is -0.968. The number of hydrogen-bond acceptors (Lipinski definition) is 3. The fraction of sp³-hybridized carbons (Fsp3) is 0.833. The summed E-state index contributed by atoms with van der Waals surface area (Å²) in [5.74, 6) is 0.258. The predicted molar refractivity (Wildman–Crippen MR) is 64.2 cm³/mol. The summed E-state index contributed by atoms with van der Waals surface area (Å²) in [5.41, 5.74) is 0. The number of nitrogens with one attached hydrogen (secondary N) is 1. The van der Waals surface area contributed by atoms with E-state index in [9.17, 15) is 9.59 Å². The maximum Gasteiger partial charge on any atom is 0.326 e. The minimum Gasteiger partial charge on any atom is -0.480 e. The van der Waals surface area contributed by atoms with Crippen molar-refractivity contribution in [3.63, 3.8) is 0 Å². The Balaban J connectivity index is 1.88. The quantitative estimate of drug-likeness (QED) is 0.769. The molecule has 4 atom stereocenters. The first-order chi connectivity index (χ1) is 8.52. The van der Waals surface area contributed by atoms with Gasteiger partial charge in [-0.05, 0) is 18.3 Å². The molecule has 102 valence electrons. The van der Waals surface area contributed by atoms with Gasteiger partial charge in [0.25, 0.3) is 0 Å². The van der Waals surface area contributed by atoms with Crippen LogP contribution in [0.4, 0.5) is 4.79 Å². The Morgan fingerprint density at radius 3 is 2.61 bits per heavy atom. The van der Waals surface area contributed by atoms with Crippen LogP contribution in [0, 0.1) is 11.8 Å². The minimum absolute atomic E-state index is 0.184. The van der Waals surface area contributed by atoms with Crippen LogP contribution in [-0.2, 0) is 9.53 Å². The van der Waals surface area contributed by atoms with Crippen LogP contribution >= 0.6 is 0 Å². The highest BCUT2D eigenvalue weighted by Gasteiger charge is 2.40. The number of aliphatic carboxylic acids is 1. The van der Waals surface area contributed by atoms with Crippen molar-refractivity contribution in [2.45, 2.75) is 31.9 Å². The van der Waals surface area contributed by atoms with Crippen LogP contribution in [0.15, 0.2) is 0 Å². The molecule has 2 amide bonds. The number of hydrogen-bond donors (Lipinski definition) is 2. The summed E-state index contributed by atoms with van der Waals surface area (Å²) in [5, 5.41) is 11.9. The van der Waals surface area contributed by atoms with Gasteiger partial charge in [-0.3, -0.25) is 0 Å². The van der Waals surface area contributed by atoms with Crippen molar-refractivity contribution in [1.82, 2.24) is 10.2 Å². The van der Waals surface area contributed by atoms with Crippen LogP contribution in [0.25, 0.3) is 0 Å². The van der Waals surface area contributed by atoms with Gasteiger partial charge >= 0.3 is 12.0 Å². The summed E-state index contributed by atoms with van der Waals surface area (Å²) in [6, 6.07) is -1.06. The van der Waals surface area contributed by atoms with E-state index in [1.165, 1.54) is 12.0 Å². The zero-order valence-electron chi connectivity index (χ0n) is 10.8. The Morgan fingerprint density at radius 2 is 2.11 bits per heavy atom. The summed E-state index contributed by atoms with van der Waals surface area (Å²) in [7, 11) is 1.54. The van der Waals surface area contributed by atoms with Gasteiger partial charge in [0, 0.05) is 26.6 Å². The molecule has 1 heterocycles. The normalized spacial score (nSPS) is 34.4. The topological polar surface area (TPSA) is 78.9 Å². The molecule has 1 aliphatic carbocycles. The highest BCUT2D eigenvalue weighted by Crippen LogP contribution is 2.36. The van der Waals surface area contributed by atoms with Gasteiger partial charge in [-0.25, -0.2) is 9.59 Å². The molecule has 1 saturated carbocycles. The number of rotatable bonds is 4. The molecule has 6 nitrogen and oxygen atoms in total. The van der Waals surface area contributed by atoms with Crippen molar-refractivity contribution in [1.29, 1.82) is 0 Å². The van der Waals surface area contributed by atoms with Gasteiger partial charge in [-0.1, -0.05) is 6.92 Å². The third-order valence-electron chi connectivity index (χ3n) is 3.93. The average molecular weight is 256 g/mol. The molecule has 0 aromatic carbocycles. The maximum absolute atomic E-state index is 12.0. The standard InChI is InChI=1S/C12H20N2O4/c1-7-3-8(7)5-13-12(17)14-6-9(18-2)4-10(14)11(15)16/h7-10H,3-6H2,1-2H3,(H,13,17)(H,15,16). The third kappa shape index (κ3) is 2.75. The van der Waals surface area contributed by atoms with Crippen LogP contribution < -0.4 is 5.32 Å². The van der Waals surface area contributed by atoms with E-state index in [2.05, 4.69) is 12.2 Å². The Hall–Kier alpha value is -1.30. The van der Waals surface area contributed by atoms with Crippen LogP contribution in [0.2, 0.25) is 0 Å². The molecule has 0 spiro atoms. The fourth-order valence-electron chi connectivity index (χ4n) is 2.43. The van der Waals surface area contributed by atoms with Crippen molar-refractivity contribution >= 4 is 12.0 Å². The molecule has 0 radical (unpaired) electrons. The zero-order valence-corrected chi connectivity index (χ0v) is 10.8. The maximum atomic E-state index is 12.0. The second kappa shape index (κ2) is 5.14. The molecule has 0 aromatic heterocycles. The number of amides is 2. The molecule has 0 aromatic rings. The number of urea groups is 1. The summed E-state index contributed by atoms with van der Waals surface area (Å²) in [6.07, 6.45) is 1.32. The number of ether oxygens (including phenoxy) is 1. The molecular weight excluding hydrogens is 236 g/mol. The van der Waals surface area contributed by atoms with Crippen molar-refractivity contribution < 1.29 is 19.4 Å². The van der Waals surface area contributed by atoms with E-state index in [4.69, 9.17) is 9.84 Å². The number of likely N-dealkylation sites (tertiary alicyclic amines) is 1. The Morgan fingerprint density at radius 1 is 1.44 bits per heavy atom. The molecule has 1 aliphatic heterocycles. The monoisotopic (exact) mass is 256 g/mol. The van der Waals surface area contributed by atoms with Gasteiger partial charge in [0.05, 0.1) is 6.10 Å². The van der Waals surface area contributed by atoms with E-state index >= 15 is 0 Å². The van der Waals surface area contributed by atoms with E-state index in [1.54, 1.807) is 0 Å². The summed E-state index contributed by atoms with van der Waals surface area (Å²) < 4.78 is 5.14. The largest absolute Gasteiger partial charge is 0.480 e. The molecule has 2 N–H and O–H groups in total. The first kappa shape index (κ1) is 13.1. The van der Waals surface area contributed by atoms with Crippen LogP contribution in [0.5, 0.6) is 0 Å². The molecule has 18 heavy (non-hydrogen) atoms. The molecule has 4 unspecified atom stereocenters. The van der Waals surface area contributed by atoms with E-state index in [1.807, 2.05) is 0 Å². The van der Waals surface area contributed by atoms with Gasteiger partial charge < -0.3 is 20.1 Å². The van der Waals surface area contributed by atoms with Gasteiger partial charge in [-0.15, -0.1) is 0 Å². The molecule has 2 rings (SSSR count). The van der Waals surface area contributed by atoms with Gasteiger partial charge in [-0.2, -0.15) is 0 Å². The van der Waals surface area contributed by atoms with E-state index in [0.29, 0.717) is 31.3 Å². The predicted octanol–water partition coefficient (Wildman–Crippen LogP) is 0.526. The molecule has 1 saturated heterocycles. The number of carbonyl (C=O) groups excluding carboxylic acids is 1. The highest BCUT2D eigenvalue weighted by molar-refractivity contribution is 5.83. The summed E-state index contributed by atoms with van der Waals surface area (Å²) in [4.78, 5) is 24.4. The third-order valence-corrected chi connectivity index (χ3v) is 3.93. The van der Waals surface area contributed by atoms with Crippen LogP contribution in [-0.4, -0.2) is 54.4 Å². The molecule has 6 heteroatoms. The summed E-state index contributed by atoms with van der Waals surface area (Å²) in [6.45, 7) is 3.13. The van der Waals surface area contributed by atoms with Crippen molar-refractivity contribution in [2.75, 3.05) is 20.2 Å². The van der Waals surface area contributed by atoms with E-state index < -0.39 is 12.0 Å². The van der Waals surface area contributed by atoms with Crippen LogP contribution in [0.1, 0.15) is 19.8 Å².